The molecule has 0 radical (unpaired) electrons. The molecule has 1 aromatic carbocycles. The highest BCUT2D eigenvalue weighted by atomic mass is 14.7. The molecular weight excluding hydrogens is 172 g/mol. The summed E-state index contributed by atoms with van der Waals surface area (Å²) in [6, 6.07) is 6.24. The van der Waals surface area contributed by atoms with Gasteiger partial charge >= 0.3 is 0 Å². The monoisotopic (exact) mass is 190 g/mol. The Morgan fingerprint density at radius 2 is 2.14 bits per heavy atom. The molecule has 0 unspecified atom stereocenters. The largest absolute Gasteiger partial charge is 0.398 e. The molecule has 2 heteroatoms. The summed E-state index contributed by atoms with van der Waals surface area (Å²) >= 11 is 0. The standard InChI is InChI=1S/C12H18N2/c1-8-3-2-4-10(12(8)14)11(13)7-9-5-6-9/h2-4,9,11H,5-7,13-14H2,1H3/t11-/m0/s1. The number of nitrogen functional groups attached to an aromatic ring is 1. The van der Waals surface area contributed by atoms with Crippen LogP contribution < -0.4 is 11.5 Å². The summed E-state index contributed by atoms with van der Waals surface area (Å²) in [5.74, 6) is 0.852. The van der Waals surface area contributed by atoms with E-state index in [1.54, 1.807) is 0 Å². The van der Waals surface area contributed by atoms with E-state index in [0.29, 0.717) is 0 Å². The number of rotatable bonds is 3. The normalized spacial score (nSPS) is 18.1. The van der Waals surface area contributed by atoms with E-state index < -0.39 is 0 Å². The first-order chi connectivity index (χ1) is 6.68. The van der Waals surface area contributed by atoms with Crippen LogP contribution in [0.5, 0.6) is 0 Å². The fourth-order valence-corrected chi connectivity index (χ4v) is 1.87. The van der Waals surface area contributed by atoms with Gasteiger partial charge in [0.2, 0.25) is 0 Å². The van der Waals surface area contributed by atoms with Gasteiger partial charge in [-0.25, -0.2) is 0 Å². The quantitative estimate of drug-likeness (QED) is 0.719. The molecule has 0 bridgehead atoms. The Kier molecular flexibility index (Phi) is 2.46. The Labute approximate surface area is 85.3 Å². The second-order valence-electron chi connectivity index (χ2n) is 4.36. The number of benzene rings is 1. The first-order valence-electron chi connectivity index (χ1n) is 5.29. The number of nitrogens with two attached hydrogens (primary N) is 2. The highest BCUT2D eigenvalue weighted by Gasteiger charge is 2.25. The van der Waals surface area contributed by atoms with Crippen molar-refractivity contribution in [2.45, 2.75) is 32.2 Å². The molecule has 0 saturated heterocycles. The van der Waals surface area contributed by atoms with Crippen LogP contribution >= 0.6 is 0 Å². The fourth-order valence-electron chi connectivity index (χ4n) is 1.87. The van der Waals surface area contributed by atoms with Gasteiger partial charge in [-0.05, 0) is 30.4 Å². The van der Waals surface area contributed by atoms with Crippen LogP contribution in [-0.2, 0) is 0 Å². The van der Waals surface area contributed by atoms with Crippen molar-refractivity contribution < 1.29 is 0 Å². The summed E-state index contributed by atoms with van der Waals surface area (Å²) in [5, 5.41) is 0. The van der Waals surface area contributed by atoms with Crippen molar-refractivity contribution in [3.63, 3.8) is 0 Å². The lowest BCUT2D eigenvalue weighted by molar-refractivity contribution is 0.598. The van der Waals surface area contributed by atoms with E-state index in [2.05, 4.69) is 6.07 Å². The lowest BCUT2D eigenvalue weighted by atomic mass is 9.98. The van der Waals surface area contributed by atoms with Gasteiger partial charge in [0, 0.05) is 11.7 Å². The molecule has 1 saturated carbocycles. The molecule has 1 aliphatic carbocycles. The molecule has 4 N–H and O–H groups in total. The van der Waals surface area contributed by atoms with Crippen LogP contribution in [0, 0.1) is 12.8 Å². The molecule has 0 amide bonds. The molecule has 76 valence electrons. The molecule has 1 aromatic rings. The molecule has 1 atom stereocenters. The zero-order valence-electron chi connectivity index (χ0n) is 8.66. The summed E-state index contributed by atoms with van der Waals surface area (Å²) in [4.78, 5) is 0. The third-order valence-corrected chi connectivity index (χ3v) is 3.04. The van der Waals surface area contributed by atoms with E-state index in [9.17, 15) is 0 Å². The van der Waals surface area contributed by atoms with E-state index in [0.717, 1.165) is 29.2 Å². The van der Waals surface area contributed by atoms with Gasteiger partial charge < -0.3 is 11.5 Å². The van der Waals surface area contributed by atoms with Crippen LogP contribution in [0.25, 0.3) is 0 Å². The Morgan fingerprint density at radius 1 is 1.43 bits per heavy atom. The smallest absolute Gasteiger partial charge is 0.0392 e. The maximum absolute atomic E-state index is 6.13. The van der Waals surface area contributed by atoms with E-state index >= 15 is 0 Å². The van der Waals surface area contributed by atoms with Crippen molar-refractivity contribution in [2.75, 3.05) is 5.73 Å². The third-order valence-electron chi connectivity index (χ3n) is 3.04. The molecule has 2 rings (SSSR count). The van der Waals surface area contributed by atoms with Crippen LogP contribution in [0.1, 0.15) is 36.4 Å². The zero-order valence-corrected chi connectivity index (χ0v) is 8.66. The zero-order chi connectivity index (χ0) is 10.1. The topological polar surface area (TPSA) is 52.0 Å². The van der Waals surface area contributed by atoms with Crippen LogP contribution in [0.4, 0.5) is 5.69 Å². The Bertz CT molecular complexity index is 329. The van der Waals surface area contributed by atoms with Crippen molar-refractivity contribution in [3.05, 3.63) is 29.3 Å². The van der Waals surface area contributed by atoms with Gasteiger partial charge in [-0.3, -0.25) is 0 Å². The minimum Gasteiger partial charge on any atom is -0.398 e. The molecule has 0 spiro atoms. The number of aryl methyl sites for hydroxylation is 1. The predicted octanol–water partition coefficient (Wildman–Crippen LogP) is 2.38. The number of anilines is 1. The second kappa shape index (κ2) is 3.62. The van der Waals surface area contributed by atoms with Gasteiger partial charge in [-0.2, -0.15) is 0 Å². The van der Waals surface area contributed by atoms with Crippen molar-refractivity contribution in [1.29, 1.82) is 0 Å². The number of para-hydroxylation sites is 1. The summed E-state index contributed by atoms with van der Waals surface area (Å²) in [6.07, 6.45) is 3.78. The van der Waals surface area contributed by atoms with Crippen LogP contribution in [0.15, 0.2) is 18.2 Å². The first-order valence-corrected chi connectivity index (χ1v) is 5.29. The molecule has 1 aliphatic rings. The van der Waals surface area contributed by atoms with Crippen LogP contribution in [0.3, 0.4) is 0 Å². The first kappa shape index (κ1) is 9.53. The van der Waals surface area contributed by atoms with Gasteiger partial charge in [-0.1, -0.05) is 31.0 Å². The highest BCUT2D eigenvalue weighted by Crippen LogP contribution is 2.38. The Hall–Kier alpha value is -1.02. The van der Waals surface area contributed by atoms with E-state index in [4.69, 9.17) is 11.5 Å². The molecule has 1 fully saturated rings. The van der Waals surface area contributed by atoms with Gasteiger partial charge in [0.1, 0.15) is 0 Å². The van der Waals surface area contributed by atoms with Crippen molar-refractivity contribution in [1.82, 2.24) is 0 Å². The van der Waals surface area contributed by atoms with E-state index in [-0.39, 0.29) is 6.04 Å². The van der Waals surface area contributed by atoms with Crippen LogP contribution in [0.2, 0.25) is 0 Å². The molecule has 2 nitrogen and oxygen atoms in total. The predicted molar refractivity (Wildman–Crippen MR) is 59.9 cm³/mol. The van der Waals surface area contributed by atoms with Gasteiger partial charge in [-0.15, -0.1) is 0 Å². The average molecular weight is 190 g/mol. The maximum Gasteiger partial charge on any atom is 0.0392 e. The average Bonchev–Trinajstić information content (AvgIpc) is 2.93. The lowest BCUT2D eigenvalue weighted by Crippen LogP contribution is -2.13. The lowest BCUT2D eigenvalue weighted by Gasteiger charge is -2.15. The molecule has 0 aromatic heterocycles. The third kappa shape index (κ3) is 1.90. The van der Waals surface area contributed by atoms with Gasteiger partial charge in [0.25, 0.3) is 0 Å². The molecule has 0 heterocycles. The Balaban J connectivity index is 2.16. The minimum atomic E-state index is 0.127. The molecule has 0 aliphatic heterocycles. The number of hydrogen-bond acceptors (Lipinski definition) is 2. The SMILES string of the molecule is Cc1cccc([C@@H](N)CC2CC2)c1N. The second-order valence-corrected chi connectivity index (χ2v) is 4.36. The molecule has 14 heavy (non-hydrogen) atoms. The van der Waals surface area contributed by atoms with Crippen molar-refractivity contribution >= 4 is 5.69 Å². The van der Waals surface area contributed by atoms with Gasteiger partial charge in [0.15, 0.2) is 0 Å². The van der Waals surface area contributed by atoms with E-state index in [1.165, 1.54) is 12.8 Å². The Morgan fingerprint density at radius 3 is 2.79 bits per heavy atom. The fraction of sp³-hybridized carbons (Fsp3) is 0.500. The summed E-state index contributed by atoms with van der Waals surface area (Å²) < 4.78 is 0. The van der Waals surface area contributed by atoms with E-state index in [1.807, 2.05) is 19.1 Å². The maximum atomic E-state index is 6.13. The highest BCUT2D eigenvalue weighted by molar-refractivity contribution is 5.54. The summed E-state index contributed by atoms with van der Waals surface area (Å²) in [7, 11) is 0. The summed E-state index contributed by atoms with van der Waals surface area (Å²) in [5.41, 5.74) is 15.3. The summed E-state index contributed by atoms with van der Waals surface area (Å²) in [6.45, 7) is 2.03. The van der Waals surface area contributed by atoms with Crippen LogP contribution in [-0.4, -0.2) is 0 Å². The molecular formula is C12H18N2. The van der Waals surface area contributed by atoms with Gasteiger partial charge in [0.05, 0.1) is 0 Å². The van der Waals surface area contributed by atoms with Crippen molar-refractivity contribution in [3.8, 4) is 0 Å². The number of hydrogen-bond donors (Lipinski definition) is 2. The minimum absolute atomic E-state index is 0.127. The van der Waals surface area contributed by atoms with Crippen molar-refractivity contribution in [2.24, 2.45) is 11.7 Å².